The number of ether oxygens (including phenoxy) is 1. The van der Waals surface area contributed by atoms with Crippen LogP contribution in [0, 0.1) is 0 Å². The van der Waals surface area contributed by atoms with E-state index in [0.29, 0.717) is 6.04 Å². The molecule has 0 saturated carbocycles. The molecule has 0 amide bonds. The fourth-order valence-corrected chi connectivity index (χ4v) is 1.78. The number of hydrazine groups is 1. The van der Waals surface area contributed by atoms with Crippen molar-refractivity contribution >= 4 is 5.69 Å². The van der Waals surface area contributed by atoms with Crippen molar-refractivity contribution in [1.82, 2.24) is 9.88 Å². The van der Waals surface area contributed by atoms with E-state index in [1.165, 1.54) is 0 Å². The average molecular weight is 252 g/mol. The van der Waals surface area contributed by atoms with Crippen molar-refractivity contribution in [2.24, 2.45) is 5.84 Å². The number of nitrogen functional groups attached to an aromatic ring is 1. The number of pyridine rings is 1. The van der Waals surface area contributed by atoms with Crippen molar-refractivity contribution in [3.05, 3.63) is 24.0 Å². The third-order valence-corrected chi connectivity index (χ3v) is 3.15. The van der Waals surface area contributed by atoms with Gasteiger partial charge in [-0.25, -0.2) is 0 Å². The van der Waals surface area contributed by atoms with Crippen LogP contribution in [0.4, 0.5) is 5.69 Å². The predicted molar refractivity (Wildman–Crippen MR) is 74.1 cm³/mol. The topological polar surface area (TPSA) is 63.4 Å². The molecule has 1 rings (SSSR count). The first kappa shape index (κ1) is 14.9. The van der Waals surface area contributed by atoms with Crippen molar-refractivity contribution in [3.8, 4) is 0 Å². The molecule has 5 heteroatoms. The quantitative estimate of drug-likeness (QED) is 0.543. The van der Waals surface area contributed by atoms with Crippen LogP contribution >= 0.6 is 0 Å². The second-order valence-corrected chi connectivity index (χ2v) is 4.40. The van der Waals surface area contributed by atoms with Crippen LogP contribution in [0.1, 0.15) is 26.0 Å². The normalized spacial score (nSPS) is 12.7. The molecule has 3 N–H and O–H groups in total. The standard InChI is InChI=1S/C13H24N4O/c1-4-11(2)17(7-8-18-3)10-13-9-12(16-14)5-6-15-13/h5-6,9,11H,4,7-8,10,14H2,1-3H3,(H,15,16). The number of hydrogen-bond acceptors (Lipinski definition) is 5. The van der Waals surface area contributed by atoms with E-state index in [1.807, 2.05) is 12.1 Å². The lowest BCUT2D eigenvalue weighted by Gasteiger charge is -2.27. The second kappa shape index (κ2) is 8.02. The molecular formula is C13H24N4O. The van der Waals surface area contributed by atoms with Crippen LogP contribution in [0.2, 0.25) is 0 Å². The van der Waals surface area contributed by atoms with Gasteiger partial charge >= 0.3 is 0 Å². The zero-order valence-corrected chi connectivity index (χ0v) is 11.5. The first-order valence-corrected chi connectivity index (χ1v) is 6.35. The summed E-state index contributed by atoms with van der Waals surface area (Å²) < 4.78 is 5.16. The molecule has 5 nitrogen and oxygen atoms in total. The molecule has 0 aliphatic carbocycles. The third-order valence-electron chi connectivity index (χ3n) is 3.15. The van der Waals surface area contributed by atoms with Gasteiger partial charge in [0, 0.05) is 32.4 Å². The number of rotatable bonds is 8. The summed E-state index contributed by atoms with van der Waals surface area (Å²) in [6.07, 6.45) is 2.88. The van der Waals surface area contributed by atoms with E-state index in [9.17, 15) is 0 Å². The molecule has 0 aliphatic rings. The Bertz CT molecular complexity index is 346. The monoisotopic (exact) mass is 252 g/mol. The maximum Gasteiger partial charge on any atom is 0.0589 e. The summed E-state index contributed by atoms with van der Waals surface area (Å²) in [5, 5.41) is 0. The Morgan fingerprint density at radius 2 is 2.33 bits per heavy atom. The fourth-order valence-electron chi connectivity index (χ4n) is 1.78. The van der Waals surface area contributed by atoms with Crippen LogP contribution in [0.15, 0.2) is 18.3 Å². The van der Waals surface area contributed by atoms with Crippen molar-refractivity contribution < 1.29 is 4.74 Å². The highest BCUT2D eigenvalue weighted by Crippen LogP contribution is 2.12. The Morgan fingerprint density at radius 1 is 1.56 bits per heavy atom. The lowest BCUT2D eigenvalue weighted by molar-refractivity contribution is 0.117. The molecule has 1 heterocycles. The molecule has 0 aliphatic heterocycles. The molecular weight excluding hydrogens is 228 g/mol. The van der Waals surface area contributed by atoms with E-state index >= 15 is 0 Å². The SMILES string of the molecule is CCC(C)N(CCOC)Cc1cc(NN)ccn1. The van der Waals surface area contributed by atoms with Gasteiger partial charge in [-0.15, -0.1) is 0 Å². The molecule has 1 aromatic rings. The van der Waals surface area contributed by atoms with E-state index in [1.54, 1.807) is 13.3 Å². The summed E-state index contributed by atoms with van der Waals surface area (Å²) in [4.78, 5) is 6.74. The first-order chi connectivity index (χ1) is 8.71. The molecule has 1 atom stereocenters. The summed E-state index contributed by atoms with van der Waals surface area (Å²) in [5.41, 5.74) is 4.54. The van der Waals surface area contributed by atoms with Gasteiger partial charge in [-0.3, -0.25) is 15.7 Å². The summed E-state index contributed by atoms with van der Waals surface area (Å²) in [6, 6.07) is 4.34. The van der Waals surface area contributed by atoms with Crippen LogP contribution in [-0.2, 0) is 11.3 Å². The minimum atomic E-state index is 0.511. The van der Waals surface area contributed by atoms with Gasteiger partial charge in [-0.1, -0.05) is 6.92 Å². The van der Waals surface area contributed by atoms with Gasteiger partial charge in [0.05, 0.1) is 18.0 Å². The highest BCUT2D eigenvalue weighted by molar-refractivity contribution is 5.41. The van der Waals surface area contributed by atoms with E-state index in [-0.39, 0.29) is 0 Å². The van der Waals surface area contributed by atoms with Gasteiger partial charge in [-0.05, 0) is 25.5 Å². The lowest BCUT2D eigenvalue weighted by Crippen LogP contribution is -2.35. The average Bonchev–Trinajstić information content (AvgIpc) is 2.42. The van der Waals surface area contributed by atoms with Crippen molar-refractivity contribution in [2.75, 3.05) is 25.7 Å². The molecule has 0 radical (unpaired) electrons. The molecule has 0 aromatic carbocycles. The maximum atomic E-state index is 5.40. The molecule has 1 unspecified atom stereocenters. The van der Waals surface area contributed by atoms with E-state index in [2.05, 4.69) is 29.2 Å². The van der Waals surface area contributed by atoms with Crippen LogP contribution < -0.4 is 11.3 Å². The Balaban J connectivity index is 2.68. The Kier molecular flexibility index (Phi) is 6.64. The third kappa shape index (κ3) is 4.60. The predicted octanol–water partition coefficient (Wildman–Crippen LogP) is 1.61. The van der Waals surface area contributed by atoms with Gasteiger partial charge in [0.15, 0.2) is 0 Å². The Morgan fingerprint density at radius 3 is 2.94 bits per heavy atom. The zero-order chi connectivity index (χ0) is 13.4. The number of nitrogens with zero attached hydrogens (tertiary/aromatic N) is 2. The zero-order valence-electron chi connectivity index (χ0n) is 11.5. The van der Waals surface area contributed by atoms with E-state index in [0.717, 1.165) is 37.5 Å². The molecule has 0 spiro atoms. The molecule has 18 heavy (non-hydrogen) atoms. The largest absolute Gasteiger partial charge is 0.383 e. The minimum absolute atomic E-state index is 0.511. The van der Waals surface area contributed by atoms with Crippen molar-refractivity contribution in [3.63, 3.8) is 0 Å². The highest BCUT2D eigenvalue weighted by Gasteiger charge is 2.13. The number of methoxy groups -OCH3 is 1. The number of aromatic nitrogens is 1. The van der Waals surface area contributed by atoms with Crippen LogP contribution in [0.5, 0.6) is 0 Å². The second-order valence-electron chi connectivity index (χ2n) is 4.40. The fraction of sp³-hybridized carbons (Fsp3) is 0.615. The van der Waals surface area contributed by atoms with Crippen LogP contribution in [0.3, 0.4) is 0 Å². The van der Waals surface area contributed by atoms with Gasteiger partial charge in [0.25, 0.3) is 0 Å². The molecule has 0 bridgehead atoms. The summed E-state index contributed by atoms with van der Waals surface area (Å²) in [6.45, 7) is 6.87. The maximum absolute atomic E-state index is 5.40. The number of anilines is 1. The van der Waals surface area contributed by atoms with E-state index in [4.69, 9.17) is 10.6 Å². The number of nitrogens with two attached hydrogens (primary N) is 1. The van der Waals surface area contributed by atoms with Crippen LogP contribution in [-0.4, -0.2) is 36.2 Å². The Labute approximate surface area is 109 Å². The number of hydrogen-bond donors (Lipinski definition) is 2. The van der Waals surface area contributed by atoms with E-state index < -0.39 is 0 Å². The Hall–Kier alpha value is -1.17. The van der Waals surface area contributed by atoms with Gasteiger partial charge in [0.2, 0.25) is 0 Å². The van der Waals surface area contributed by atoms with Gasteiger partial charge in [0.1, 0.15) is 0 Å². The molecule has 1 aromatic heterocycles. The van der Waals surface area contributed by atoms with Crippen molar-refractivity contribution in [1.29, 1.82) is 0 Å². The molecule has 0 fully saturated rings. The molecule has 0 saturated heterocycles. The van der Waals surface area contributed by atoms with Crippen molar-refractivity contribution in [2.45, 2.75) is 32.9 Å². The summed E-state index contributed by atoms with van der Waals surface area (Å²) in [7, 11) is 1.73. The summed E-state index contributed by atoms with van der Waals surface area (Å²) >= 11 is 0. The summed E-state index contributed by atoms with van der Waals surface area (Å²) in [5.74, 6) is 5.40. The molecule has 102 valence electrons. The number of nitrogens with one attached hydrogen (secondary N) is 1. The van der Waals surface area contributed by atoms with Gasteiger partial charge < -0.3 is 10.2 Å². The first-order valence-electron chi connectivity index (χ1n) is 6.35. The smallest absolute Gasteiger partial charge is 0.0589 e. The highest BCUT2D eigenvalue weighted by atomic mass is 16.5. The van der Waals surface area contributed by atoms with Crippen LogP contribution in [0.25, 0.3) is 0 Å². The minimum Gasteiger partial charge on any atom is -0.383 e. The lowest BCUT2D eigenvalue weighted by atomic mass is 10.2. The van der Waals surface area contributed by atoms with Gasteiger partial charge in [-0.2, -0.15) is 0 Å².